The first-order valence-electron chi connectivity index (χ1n) is 5.30. The Bertz CT molecular complexity index is 577. The van der Waals surface area contributed by atoms with Gasteiger partial charge in [-0.05, 0) is 12.1 Å². The molecule has 114 valence electrons. The minimum atomic E-state index is -4.95. The third kappa shape index (κ3) is 3.57. The lowest BCUT2D eigenvalue weighted by atomic mass is 10.3. The van der Waals surface area contributed by atoms with E-state index < -0.39 is 45.8 Å². The fraction of sp³-hybridized carbons (Fsp3) is 0.400. The van der Waals surface area contributed by atoms with Crippen molar-refractivity contribution in [2.45, 2.75) is 18.0 Å². The van der Waals surface area contributed by atoms with E-state index in [9.17, 15) is 30.4 Å². The van der Waals surface area contributed by atoms with Crippen LogP contribution in [0.2, 0.25) is 0 Å². The van der Waals surface area contributed by atoms with Crippen molar-refractivity contribution in [1.29, 1.82) is 0 Å². The Balaban J connectivity index is 3.35. The van der Waals surface area contributed by atoms with Crippen molar-refractivity contribution in [3.8, 4) is 0 Å². The van der Waals surface area contributed by atoms with Crippen molar-refractivity contribution >= 4 is 15.7 Å². The number of rotatable bonds is 4. The molecule has 2 N–H and O–H groups in total. The third-order valence-corrected chi connectivity index (χ3v) is 4.30. The van der Waals surface area contributed by atoms with E-state index in [1.807, 2.05) is 0 Å². The summed E-state index contributed by atoms with van der Waals surface area (Å²) >= 11 is 0. The van der Waals surface area contributed by atoms with Crippen molar-refractivity contribution in [3.63, 3.8) is 0 Å². The van der Waals surface area contributed by atoms with Crippen molar-refractivity contribution < 1.29 is 30.4 Å². The Labute approximate surface area is 112 Å². The van der Waals surface area contributed by atoms with Crippen LogP contribution in [0.15, 0.2) is 17.0 Å². The van der Waals surface area contributed by atoms with Crippen molar-refractivity contribution in [2.24, 2.45) is 0 Å². The maximum absolute atomic E-state index is 13.5. The Morgan fingerprint density at radius 1 is 1.20 bits per heavy atom. The maximum Gasteiger partial charge on any atom is 0.402 e. The monoisotopic (exact) mass is 318 g/mol. The molecule has 0 aromatic heterocycles. The highest BCUT2D eigenvalue weighted by Crippen LogP contribution is 2.27. The Morgan fingerprint density at radius 3 is 2.00 bits per heavy atom. The minimum absolute atomic E-state index is 0.0648. The standard InChI is InChI=1S/C10H11F5N2O2S/c1-2-17(5-10(13,14)15)20(18,19)9-7(11)3-6(16)4-8(9)12/h3-4H,2,5,16H2,1H3. The van der Waals surface area contributed by atoms with Gasteiger partial charge in [0.15, 0.2) is 4.90 Å². The number of benzene rings is 1. The van der Waals surface area contributed by atoms with Gasteiger partial charge in [-0.15, -0.1) is 0 Å². The number of halogens is 5. The van der Waals surface area contributed by atoms with E-state index in [4.69, 9.17) is 5.73 Å². The molecule has 0 saturated heterocycles. The molecule has 0 aliphatic heterocycles. The predicted molar refractivity (Wildman–Crippen MR) is 61.3 cm³/mol. The highest BCUT2D eigenvalue weighted by molar-refractivity contribution is 7.89. The van der Waals surface area contributed by atoms with Crippen LogP contribution in [0.4, 0.5) is 27.6 Å². The number of alkyl halides is 3. The van der Waals surface area contributed by atoms with Gasteiger partial charge in [-0.25, -0.2) is 17.2 Å². The van der Waals surface area contributed by atoms with Gasteiger partial charge in [-0.1, -0.05) is 6.92 Å². The average molecular weight is 318 g/mol. The fourth-order valence-corrected chi connectivity index (χ4v) is 3.05. The van der Waals surface area contributed by atoms with E-state index in [0.717, 1.165) is 6.92 Å². The van der Waals surface area contributed by atoms with Crippen molar-refractivity contribution in [2.75, 3.05) is 18.8 Å². The molecule has 0 heterocycles. The second-order valence-corrected chi connectivity index (χ2v) is 5.73. The van der Waals surface area contributed by atoms with Crippen LogP contribution < -0.4 is 5.73 Å². The zero-order valence-corrected chi connectivity index (χ0v) is 11.0. The molecule has 0 aliphatic rings. The van der Waals surface area contributed by atoms with E-state index in [0.29, 0.717) is 12.1 Å². The normalized spacial score (nSPS) is 12.9. The number of nitrogen functional groups attached to an aromatic ring is 1. The van der Waals surface area contributed by atoms with Crippen LogP contribution in [0.1, 0.15) is 6.92 Å². The number of hydrogen-bond acceptors (Lipinski definition) is 3. The van der Waals surface area contributed by atoms with E-state index in [-0.39, 0.29) is 9.99 Å². The summed E-state index contributed by atoms with van der Waals surface area (Å²) in [6.07, 6.45) is -4.83. The van der Waals surface area contributed by atoms with Crippen LogP contribution >= 0.6 is 0 Å². The zero-order valence-electron chi connectivity index (χ0n) is 10.2. The first kappa shape index (κ1) is 16.6. The lowest BCUT2D eigenvalue weighted by Gasteiger charge is -2.22. The van der Waals surface area contributed by atoms with Crippen LogP contribution in [0.25, 0.3) is 0 Å². The molecule has 1 aromatic rings. The predicted octanol–water partition coefficient (Wildman–Crippen LogP) is 2.12. The SMILES string of the molecule is CCN(CC(F)(F)F)S(=O)(=O)c1c(F)cc(N)cc1F. The van der Waals surface area contributed by atoms with Crippen molar-refractivity contribution in [1.82, 2.24) is 4.31 Å². The molecule has 10 heteroatoms. The van der Waals surface area contributed by atoms with Crippen LogP contribution in [-0.4, -0.2) is 32.0 Å². The summed E-state index contributed by atoms with van der Waals surface area (Å²) in [4.78, 5) is -1.45. The van der Waals surface area contributed by atoms with Gasteiger partial charge < -0.3 is 5.73 Å². The number of hydrogen-bond donors (Lipinski definition) is 1. The molecule has 0 saturated carbocycles. The Hall–Kier alpha value is -1.42. The lowest BCUT2D eigenvalue weighted by Crippen LogP contribution is -2.39. The number of anilines is 1. The molecular formula is C10H11F5N2O2S. The van der Waals surface area contributed by atoms with Crippen LogP contribution in [0, 0.1) is 11.6 Å². The van der Waals surface area contributed by atoms with Gasteiger partial charge in [-0.3, -0.25) is 0 Å². The van der Waals surface area contributed by atoms with Gasteiger partial charge in [0, 0.05) is 12.2 Å². The van der Waals surface area contributed by atoms with Gasteiger partial charge >= 0.3 is 6.18 Å². The second-order valence-electron chi connectivity index (χ2n) is 3.86. The Kier molecular flexibility index (Phi) is 4.59. The first-order chi connectivity index (χ1) is 8.99. The fourth-order valence-electron chi connectivity index (χ4n) is 1.52. The lowest BCUT2D eigenvalue weighted by molar-refractivity contribution is -0.135. The van der Waals surface area contributed by atoms with Crippen molar-refractivity contribution in [3.05, 3.63) is 23.8 Å². The molecule has 0 amide bonds. The molecule has 1 rings (SSSR count). The molecule has 0 unspecified atom stereocenters. The molecule has 0 radical (unpaired) electrons. The van der Waals surface area contributed by atoms with Crippen LogP contribution in [0.3, 0.4) is 0 Å². The number of sulfonamides is 1. The summed E-state index contributed by atoms with van der Waals surface area (Å²) in [6, 6.07) is 1.05. The summed E-state index contributed by atoms with van der Waals surface area (Å²) < 4.78 is 87.7. The van der Waals surface area contributed by atoms with Crippen LogP contribution in [-0.2, 0) is 10.0 Å². The summed E-state index contributed by atoms with van der Waals surface area (Å²) in [5.74, 6) is -3.08. The van der Waals surface area contributed by atoms with Gasteiger partial charge in [0.25, 0.3) is 0 Å². The molecular weight excluding hydrogens is 307 g/mol. The number of nitrogens with two attached hydrogens (primary N) is 1. The smallest absolute Gasteiger partial charge is 0.399 e. The quantitative estimate of drug-likeness (QED) is 0.683. The summed E-state index contributed by atoms with van der Waals surface area (Å²) in [7, 11) is -4.95. The highest BCUT2D eigenvalue weighted by atomic mass is 32.2. The Morgan fingerprint density at radius 2 is 1.65 bits per heavy atom. The van der Waals surface area contributed by atoms with Crippen LogP contribution in [0.5, 0.6) is 0 Å². The maximum atomic E-state index is 13.5. The van der Waals surface area contributed by atoms with Gasteiger partial charge in [0.05, 0.1) is 0 Å². The molecule has 4 nitrogen and oxygen atoms in total. The summed E-state index contributed by atoms with van der Waals surface area (Å²) in [5, 5.41) is 0. The number of nitrogens with zero attached hydrogens (tertiary/aromatic N) is 1. The molecule has 1 aromatic carbocycles. The molecule has 0 bridgehead atoms. The van der Waals surface area contributed by atoms with E-state index >= 15 is 0 Å². The van der Waals surface area contributed by atoms with E-state index in [2.05, 4.69) is 0 Å². The van der Waals surface area contributed by atoms with Gasteiger partial charge in [0.2, 0.25) is 10.0 Å². The largest absolute Gasteiger partial charge is 0.402 e. The third-order valence-electron chi connectivity index (χ3n) is 2.33. The summed E-state index contributed by atoms with van der Waals surface area (Å²) in [5.41, 5.74) is 4.74. The molecule has 0 spiro atoms. The molecule has 0 fully saturated rings. The zero-order chi connectivity index (χ0) is 15.7. The van der Waals surface area contributed by atoms with Gasteiger partial charge in [-0.2, -0.15) is 17.5 Å². The van der Waals surface area contributed by atoms with E-state index in [1.54, 1.807) is 0 Å². The summed E-state index contributed by atoms with van der Waals surface area (Å²) in [6.45, 7) is -1.31. The molecule has 0 aliphatic carbocycles. The van der Waals surface area contributed by atoms with Gasteiger partial charge in [0.1, 0.15) is 18.2 Å². The highest BCUT2D eigenvalue weighted by Gasteiger charge is 2.38. The van der Waals surface area contributed by atoms with E-state index in [1.165, 1.54) is 0 Å². The topological polar surface area (TPSA) is 63.4 Å². The average Bonchev–Trinajstić information content (AvgIpc) is 2.22. The first-order valence-corrected chi connectivity index (χ1v) is 6.74. The molecule has 20 heavy (non-hydrogen) atoms. The second kappa shape index (κ2) is 5.52. The minimum Gasteiger partial charge on any atom is -0.399 e. The molecule has 0 atom stereocenters.